The van der Waals surface area contributed by atoms with Gasteiger partial charge in [0.2, 0.25) is 0 Å². The molecule has 1 aromatic rings. The van der Waals surface area contributed by atoms with Crippen molar-refractivity contribution < 1.29 is 14.6 Å². The number of phenolic OH excluding ortho intramolecular Hbond substituents is 1. The van der Waals surface area contributed by atoms with Gasteiger partial charge in [-0.2, -0.15) is 0 Å². The van der Waals surface area contributed by atoms with Crippen molar-refractivity contribution >= 4 is 17.6 Å². The fourth-order valence-corrected chi connectivity index (χ4v) is 6.13. The number of hydrogen-bond acceptors (Lipinski definition) is 3. The summed E-state index contributed by atoms with van der Waals surface area (Å²) in [7, 11) is 0. The molecule has 0 radical (unpaired) electrons. The van der Waals surface area contributed by atoms with E-state index in [1.807, 2.05) is 0 Å². The molecule has 4 fully saturated rings. The average molecular weight is 352 g/mol. The lowest BCUT2D eigenvalue weighted by Crippen LogP contribution is -2.59. The molecule has 4 aliphatic rings. The highest BCUT2D eigenvalue weighted by molar-refractivity contribution is 6.16. The van der Waals surface area contributed by atoms with Gasteiger partial charge in [-0.15, -0.1) is 0 Å². The molecule has 4 aliphatic carbocycles. The predicted octanol–water partition coefficient (Wildman–Crippen LogP) is 5.20. The largest absolute Gasteiger partial charge is 0.508 e. The van der Waals surface area contributed by atoms with E-state index in [9.17, 15) is 9.90 Å². The molecule has 0 spiro atoms. The zero-order chi connectivity index (χ0) is 18.5. The molecule has 4 bridgehead atoms. The molecule has 0 amide bonds. The Morgan fingerprint density at radius 1 is 1.23 bits per heavy atom. The lowest BCUT2D eigenvalue weighted by molar-refractivity contribution is -0.205. The van der Waals surface area contributed by atoms with Gasteiger partial charge in [-0.1, -0.05) is 32.2 Å². The van der Waals surface area contributed by atoms with E-state index in [1.165, 1.54) is 32.1 Å². The molecule has 0 atom stereocenters. The molecule has 3 heteroatoms. The van der Waals surface area contributed by atoms with Crippen molar-refractivity contribution in [2.75, 3.05) is 0 Å². The summed E-state index contributed by atoms with van der Waals surface area (Å²) in [4.78, 5) is 13.0. The van der Waals surface area contributed by atoms with Crippen molar-refractivity contribution in [2.24, 2.45) is 23.7 Å². The van der Waals surface area contributed by atoms with E-state index in [1.54, 1.807) is 24.3 Å². The van der Waals surface area contributed by atoms with Crippen LogP contribution < -0.4 is 0 Å². The first-order chi connectivity index (χ1) is 12.5. The molecule has 26 heavy (non-hydrogen) atoms. The third kappa shape index (κ3) is 2.60. The Balaban J connectivity index is 1.60. The molecule has 5 rings (SSSR count). The quantitative estimate of drug-likeness (QED) is 0.585. The van der Waals surface area contributed by atoms with E-state index in [-0.39, 0.29) is 17.3 Å². The predicted molar refractivity (Wildman–Crippen MR) is 103 cm³/mol. The molecule has 138 valence electrons. The van der Waals surface area contributed by atoms with Crippen LogP contribution in [-0.4, -0.2) is 16.7 Å². The van der Waals surface area contributed by atoms with Gasteiger partial charge in [-0.3, -0.25) is 0 Å². The summed E-state index contributed by atoms with van der Waals surface area (Å²) in [6.07, 6.45) is 8.71. The third-order valence-corrected chi connectivity index (χ3v) is 7.18. The number of aromatic hydroxyl groups is 1. The van der Waals surface area contributed by atoms with Crippen LogP contribution in [0, 0.1) is 23.7 Å². The van der Waals surface area contributed by atoms with Gasteiger partial charge >= 0.3 is 5.97 Å². The summed E-state index contributed by atoms with van der Waals surface area (Å²) in [5.74, 6) is 2.40. The number of ether oxygens (including phenoxy) is 1. The van der Waals surface area contributed by atoms with E-state index < -0.39 is 0 Å². The summed E-state index contributed by atoms with van der Waals surface area (Å²) in [5, 5.41) is 9.82. The van der Waals surface area contributed by atoms with Crippen LogP contribution in [0.3, 0.4) is 0 Å². The number of carbonyl (C=O) groups excluding carboxylic acids is 1. The van der Waals surface area contributed by atoms with Gasteiger partial charge in [0.25, 0.3) is 0 Å². The van der Waals surface area contributed by atoms with Gasteiger partial charge in [0.1, 0.15) is 11.4 Å². The number of rotatable bonds is 5. The third-order valence-electron chi connectivity index (χ3n) is 7.18. The highest BCUT2D eigenvalue weighted by atomic mass is 16.6. The van der Waals surface area contributed by atoms with Crippen molar-refractivity contribution in [3.05, 3.63) is 42.5 Å². The maximum atomic E-state index is 13.0. The van der Waals surface area contributed by atoms with Crippen LogP contribution in [0.15, 0.2) is 31.4 Å². The minimum Gasteiger partial charge on any atom is -0.508 e. The first-order valence-corrected chi connectivity index (χ1v) is 9.84. The van der Waals surface area contributed by atoms with Gasteiger partial charge in [-0.25, -0.2) is 4.79 Å². The lowest BCUT2D eigenvalue weighted by atomic mass is 9.49. The Kier molecular flexibility index (Phi) is 4.21. The van der Waals surface area contributed by atoms with E-state index in [0.29, 0.717) is 23.0 Å². The summed E-state index contributed by atoms with van der Waals surface area (Å²) >= 11 is 0. The lowest BCUT2D eigenvalue weighted by Gasteiger charge is -2.60. The normalized spacial score (nSPS) is 34.5. The Morgan fingerprint density at radius 3 is 2.38 bits per heavy atom. The Hall–Kier alpha value is -2.03. The molecule has 4 saturated carbocycles. The minimum atomic E-state index is -0.354. The molecule has 0 heterocycles. The van der Waals surface area contributed by atoms with Crippen LogP contribution in [0.2, 0.25) is 0 Å². The summed E-state index contributed by atoms with van der Waals surface area (Å²) in [6, 6.07) is 4.90. The summed E-state index contributed by atoms with van der Waals surface area (Å²) in [6.45, 7) is 9.94. The van der Waals surface area contributed by atoms with Gasteiger partial charge in [-0.05, 0) is 85.5 Å². The second-order valence-electron chi connectivity index (χ2n) is 8.46. The van der Waals surface area contributed by atoms with E-state index in [4.69, 9.17) is 4.74 Å². The van der Waals surface area contributed by atoms with Crippen LogP contribution in [0.25, 0.3) is 11.6 Å². The maximum Gasteiger partial charge on any atom is 0.338 e. The molecular weight excluding hydrogens is 324 g/mol. The minimum absolute atomic E-state index is 0.111. The first kappa shape index (κ1) is 17.4. The van der Waals surface area contributed by atoms with Crippen molar-refractivity contribution in [1.82, 2.24) is 0 Å². The number of benzene rings is 1. The van der Waals surface area contributed by atoms with Crippen LogP contribution in [0.1, 0.15) is 56.6 Å². The molecule has 0 aromatic heterocycles. The SMILES string of the molecule is C=Cc1ccc(O)cc1C(=C)C(=O)OC1(CC)C2CC3CC(C2)CC1C3. The second kappa shape index (κ2) is 6.29. The maximum absolute atomic E-state index is 13.0. The molecule has 3 nitrogen and oxygen atoms in total. The van der Waals surface area contributed by atoms with Crippen molar-refractivity contribution in [3.63, 3.8) is 0 Å². The van der Waals surface area contributed by atoms with E-state index in [0.717, 1.165) is 23.8 Å². The Morgan fingerprint density at radius 2 is 1.85 bits per heavy atom. The zero-order valence-electron chi connectivity index (χ0n) is 15.5. The van der Waals surface area contributed by atoms with Crippen LogP contribution in [0.5, 0.6) is 5.75 Å². The molecular formula is C23H28O3. The van der Waals surface area contributed by atoms with Gasteiger partial charge < -0.3 is 9.84 Å². The van der Waals surface area contributed by atoms with E-state index >= 15 is 0 Å². The number of phenols is 1. The Labute approximate surface area is 155 Å². The topological polar surface area (TPSA) is 46.5 Å². The monoisotopic (exact) mass is 352 g/mol. The number of esters is 1. The van der Waals surface area contributed by atoms with Gasteiger partial charge in [0.15, 0.2) is 0 Å². The highest BCUT2D eigenvalue weighted by Crippen LogP contribution is 2.60. The molecule has 1 N–H and O–H groups in total. The average Bonchev–Trinajstić information content (AvgIpc) is 2.63. The van der Waals surface area contributed by atoms with Crippen molar-refractivity contribution in [2.45, 2.75) is 51.0 Å². The fourth-order valence-electron chi connectivity index (χ4n) is 6.13. The van der Waals surface area contributed by atoms with Crippen molar-refractivity contribution in [3.8, 4) is 5.75 Å². The van der Waals surface area contributed by atoms with Crippen LogP contribution in [0.4, 0.5) is 0 Å². The number of carbonyl (C=O) groups is 1. The van der Waals surface area contributed by atoms with Crippen LogP contribution >= 0.6 is 0 Å². The highest BCUT2D eigenvalue weighted by Gasteiger charge is 2.58. The standard InChI is InChI=1S/C23H28O3/c1-4-17-6-7-20(24)13-21(17)14(3)22(25)26-23(5-2)18-9-15-8-16(11-18)12-19(23)10-15/h4,6-7,13,15-16,18-19,24H,1,3,5,8-12H2,2H3. The molecule has 0 saturated heterocycles. The van der Waals surface area contributed by atoms with Crippen LogP contribution in [-0.2, 0) is 9.53 Å². The summed E-state index contributed by atoms with van der Waals surface area (Å²) < 4.78 is 6.27. The summed E-state index contributed by atoms with van der Waals surface area (Å²) in [5.41, 5.74) is 1.34. The van der Waals surface area contributed by atoms with Gasteiger partial charge in [0, 0.05) is 0 Å². The first-order valence-electron chi connectivity index (χ1n) is 9.84. The Bertz CT molecular complexity index is 733. The molecule has 1 aromatic carbocycles. The smallest absolute Gasteiger partial charge is 0.338 e. The molecule has 0 unspecified atom stereocenters. The zero-order valence-corrected chi connectivity index (χ0v) is 15.5. The second-order valence-corrected chi connectivity index (χ2v) is 8.46. The molecule has 0 aliphatic heterocycles. The fraction of sp³-hybridized carbons (Fsp3) is 0.522. The van der Waals surface area contributed by atoms with E-state index in [2.05, 4.69) is 20.1 Å². The number of hydrogen-bond donors (Lipinski definition) is 1. The van der Waals surface area contributed by atoms with Gasteiger partial charge in [0.05, 0.1) is 5.57 Å². The van der Waals surface area contributed by atoms with Crippen molar-refractivity contribution in [1.29, 1.82) is 0 Å².